The van der Waals surface area contributed by atoms with Crippen molar-refractivity contribution in [2.75, 3.05) is 17.2 Å². The lowest BCUT2D eigenvalue weighted by Crippen LogP contribution is -2.50. The van der Waals surface area contributed by atoms with E-state index in [2.05, 4.69) is 54.0 Å². The average Bonchev–Trinajstić information content (AvgIpc) is 2.77. The van der Waals surface area contributed by atoms with Gasteiger partial charge in [-0.3, -0.25) is 9.55 Å². The van der Waals surface area contributed by atoms with Gasteiger partial charge in [-0.2, -0.15) is 8.42 Å². The first-order valence-electron chi connectivity index (χ1n) is 10.5. The fourth-order valence-corrected chi connectivity index (χ4v) is 5.75. The number of allylic oxidation sites excluding steroid dienone is 1. The molecule has 2 aromatic carbocycles. The summed E-state index contributed by atoms with van der Waals surface area (Å²) in [6, 6.07) is 14.4. The molecule has 2 heterocycles. The Hall–Kier alpha value is -2.29. The maximum absolute atomic E-state index is 11.7. The van der Waals surface area contributed by atoms with E-state index in [-0.39, 0.29) is 24.4 Å². The van der Waals surface area contributed by atoms with Crippen molar-refractivity contribution >= 4 is 39.5 Å². The number of aliphatic imine (C=N–C) groups is 1. The van der Waals surface area contributed by atoms with Crippen molar-refractivity contribution in [3.63, 3.8) is 0 Å². The highest BCUT2D eigenvalue weighted by Crippen LogP contribution is 2.50. The smallest absolute Gasteiger partial charge is 0.264 e. The molecule has 6 nitrogen and oxygen atoms in total. The molecule has 0 bridgehead atoms. The van der Waals surface area contributed by atoms with Gasteiger partial charge in [-0.1, -0.05) is 36.9 Å². The third kappa shape index (κ3) is 4.66. The zero-order chi connectivity index (χ0) is 22.0. The van der Waals surface area contributed by atoms with Crippen LogP contribution in [0, 0.1) is 0 Å². The molecule has 2 aliphatic heterocycles. The molecule has 2 aliphatic rings. The Labute approximate surface area is 188 Å². The van der Waals surface area contributed by atoms with Crippen LogP contribution in [0.15, 0.2) is 69.5 Å². The second-order valence-corrected chi connectivity index (χ2v) is 10.3. The molecule has 0 saturated heterocycles. The monoisotopic (exact) mass is 457 g/mol. The van der Waals surface area contributed by atoms with Gasteiger partial charge >= 0.3 is 0 Å². The molecule has 0 aromatic heterocycles. The molecule has 2 aromatic rings. The molecule has 2 atom stereocenters. The first-order valence-corrected chi connectivity index (χ1v) is 12.9. The van der Waals surface area contributed by atoms with Crippen molar-refractivity contribution in [3.05, 3.63) is 60.3 Å². The summed E-state index contributed by atoms with van der Waals surface area (Å²) in [4.78, 5) is 11.3. The Morgan fingerprint density at radius 2 is 1.90 bits per heavy atom. The second kappa shape index (κ2) is 9.06. The fourth-order valence-electron chi connectivity index (χ4n) is 4.16. The highest BCUT2D eigenvalue weighted by atomic mass is 32.2. The zero-order valence-corrected chi connectivity index (χ0v) is 19.3. The van der Waals surface area contributed by atoms with E-state index in [1.807, 2.05) is 24.4 Å². The molecule has 4 rings (SSSR count). The Bertz CT molecular complexity index is 1110. The van der Waals surface area contributed by atoms with Crippen LogP contribution >= 0.6 is 11.8 Å². The van der Waals surface area contributed by atoms with E-state index in [9.17, 15) is 13.0 Å². The minimum atomic E-state index is -4.11. The summed E-state index contributed by atoms with van der Waals surface area (Å²) in [5.74, 6) is -0.320. The number of fused-ring (bicyclic) bond motifs is 2. The normalized spacial score (nSPS) is 18.6. The van der Waals surface area contributed by atoms with Crippen molar-refractivity contribution < 1.29 is 13.0 Å². The standard InChI is InChI=1S/C23H27N3O3S2/c1-3-17-10-11-22-20(16-17)26(18-8-5-6-9-21(18)30-22)19(12-15-31(27,28)29)23-24-13-7-14-25(23)4-2/h5-11,13-14,16,19,23H,3-4,12,15H2,1-2H3,(H,27,28,29). The second-order valence-electron chi connectivity index (χ2n) is 7.62. The Balaban J connectivity index is 1.87. The Morgan fingerprint density at radius 1 is 1.13 bits per heavy atom. The van der Waals surface area contributed by atoms with Crippen molar-refractivity contribution in [3.8, 4) is 0 Å². The van der Waals surface area contributed by atoms with Gasteiger partial charge in [0.05, 0.1) is 23.2 Å². The van der Waals surface area contributed by atoms with Gasteiger partial charge in [-0.15, -0.1) is 0 Å². The molecule has 0 radical (unpaired) electrons. The van der Waals surface area contributed by atoms with Crippen molar-refractivity contribution in [2.24, 2.45) is 4.99 Å². The summed E-state index contributed by atoms with van der Waals surface area (Å²) >= 11 is 1.72. The van der Waals surface area contributed by atoms with Crippen molar-refractivity contribution in [1.82, 2.24) is 4.90 Å². The molecular formula is C23H27N3O3S2. The lowest BCUT2D eigenvalue weighted by Gasteiger charge is -2.44. The molecule has 0 saturated carbocycles. The summed E-state index contributed by atoms with van der Waals surface area (Å²) in [5, 5.41) is 0. The molecule has 0 spiro atoms. The number of benzene rings is 2. The quantitative estimate of drug-likeness (QED) is 0.605. The molecule has 0 aliphatic carbocycles. The third-order valence-corrected chi connectivity index (χ3v) is 7.57. The Morgan fingerprint density at radius 3 is 2.65 bits per heavy atom. The van der Waals surface area contributed by atoms with E-state index in [0.29, 0.717) is 0 Å². The van der Waals surface area contributed by atoms with Crippen LogP contribution in [0.2, 0.25) is 0 Å². The van der Waals surface area contributed by atoms with Crippen LogP contribution in [0.1, 0.15) is 25.8 Å². The van der Waals surface area contributed by atoms with Gasteiger partial charge in [-0.05, 0) is 55.7 Å². The maximum Gasteiger partial charge on any atom is 0.264 e. The fraction of sp³-hybridized carbons (Fsp3) is 0.348. The molecule has 0 amide bonds. The lowest BCUT2D eigenvalue weighted by atomic mass is 10.0. The molecule has 1 N–H and O–H groups in total. The molecule has 2 unspecified atom stereocenters. The molecule has 31 heavy (non-hydrogen) atoms. The first-order chi connectivity index (χ1) is 14.9. The van der Waals surface area contributed by atoms with E-state index in [0.717, 1.165) is 34.1 Å². The number of likely N-dealkylation sites (N-methyl/N-ethyl adjacent to an activating group) is 1. The van der Waals surface area contributed by atoms with Crippen LogP contribution < -0.4 is 4.90 Å². The van der Waals surface area contributed by atoms with E-state index < -0.39 is 10.1 Å². The number of para-hydroxylation sites is 1. The summed E-state index contributed by atoms with van der Waals surface area (Å²) in [6.07, 6.45) is 6.54. The van der Waals surface area contributed by atoms with Crippen LogP contribution in [0.25, 0.3) is 0 Å². The van der Waals surface area contributed by atoms with E-state index in [1.54, 1.807) is 18.0 Å². The van der Waals surface area contributed by atoms with Gasteiger partial charge in [-0.25, -0.2) is 0 Å². The van der Waals surface area contributed by atoms with Gasteiger partial charge in [0.25, 0.3) is 10.1 Å². The number of anilines is 2. The number of aryl methyl sites for hydroxylation is 1. The summed E-state index contributed by atoms with van der Waals surface area (Å²) in [7, 11) is -4.11. The summed E-state index contributed by atoms with van der Waals surface area (Å²) < 4.78 is 33.0. The highest BCUT2D eigenvalue weighted by Gasteiger charge is 2.36. The van der Waals surface area contributed by atoms with Crippen LogP contribution in [-0.4, -0.2) is 48.6 Å². The lowest BCUT2D eigenvalue weighted by molar-refractivity contribution is 0.250. The van der Waals surface area contributed by atoms with Gasteiger partial charge in [0, 0.05) is 28.8 Å². The van der Waals surface area contributed by atoms with Crippen LogP contribution in [0.3, 0.4) is 0 Å². The minimum Gasteiger partial charge on any atom is -0.355 e. The van der Waals surface area contributed by atoms with E-state index in [1.165, 1.54) is 5.56 Å². The third-order valence-electron chi connectivity index (χ3n) is 5.69. The molecule has 164 valence electrons. The van der Waals surface area contributed by atoms with Crippen LogP contribution in [0.4, 0.5) is 11.4 Å². The molecule has 8 heteroatoms. The highest BCUT2D eigenvalue weighted by molar-refractivity contribution is 7.99. The zero-order valence-electron chi connectivity index (χ0n) is 17.7. The number of hydrogen-bond donors (Lipinski definition) is 1. The summed E-state index contributed by atoms with van der Waals surface area (Å²) in [6.45, 7) is 4.93. The van der Waals surface area contributed by atoms with Crippen LogP contribution in [-0.2, 0) is 16.5 Å². The largest absolute Gasteiger partial charge is 0.355 e. The Kier molecular flexibility index (Phi) is 6.41. The van der Waals surface area contributed by atoms with E-state index >= 15 is 0 Å². The maximum atomic E-state index is 11.7. The van der Waals surface area contributed by atoms with Gasteiger partial charge in [0.1, 0.15) is 6.17 Å². The predicted octanol–water partition coefficient (Wildman–Crippen LogP) is 4.74. The average molecular weight is 458 g/mol. The molecule has 0 fully saturated rings. The summed E-state index contributed by atoms with van der Waals surface area (Å²) in [5.41, 5.74) is 3.32. The number of nitrogens with zero attached hydrogens (tertiary/aromatic N) is 3. The predicted molar refractivity (Wildman–Crippen MR) is 127 cm³/mol. The topological polar surface area (TPSA) is 73.2 Å². The minimum absolute atomic E-state index is 0.250. The SMILES string of the molecule is CCc1ccc2c(c1)N(C(CCS(=O)(=O)O)C1N=CC=CN1CC)c1ccccc1S2. The number of hydrogen-bond acceptors (Lipinski definition) is 6. The molecular weight excluding hydrogens is 430 g/mol. The van der Waals surface area contributed by atoms with Gasteiger partial charge in [0.2, 0.25) is 0 Å². The van der Waals surface area contributed by atoms with Gasteiger partial charge in [0.15, 0.2) is 0 Å². The van der Waals surface area contributed by atoms with Crippen LogP contribution in [0.5, 0.6) is 0 Å². The first kappa shape index (κ1) is 21.9. The number of rotatable bonds is 7. The van der Waals surface area contributed by atoms with Gasteiger partial charge < -0.3 is 9.80 Å². The van der Waals surface area contributed by atoms with Crippen molar-refractivity contribution in [2.45, 2.75) is 48.7 Å². The van der Waals surface area contributed by atoms with Crippen molar-refractivity contribution in [1.29, 1.82) is 0 Å². The van der Waals surface area contributed by atoms with E-state index in [4.69, 9.17) is 4.99 Å².